The molecule has 1 fully saturated rings. The topological polar surface area (TPSA) is 25.4 Å². The number of nitrogens with zero attached hydrogens (tertiary/aromatic N) is 2. The Balaban J connectivity index is 1.90. The molecule has 1 unspecified atom stereocenters. The molecular formula is C18H20F2N2O. The number of hydrogen-bond acceptors (Lipinski definition) is 3. The Hall–Kier alpha value is -2.01. The number of pyridine rings is 1. The minimum absolute atomic E-state index is 0.124. The molecule has 2 aromatic rings. The molecule has 0 aliphatic carbocycles. The van der Waals surface area contributed by atoms with Gasteiger partial charge in [0.25, 0.3) is 5.92 Å². The van der Waals surface area contributed by atoms with Crippen LogP contribution >= 0.6 is 0 Å². The molecule has 2 heterocycles. The second kappa shape index (κ2) is 6.24. The highest BCUT2D eigenvalue weighted by atomic mass is 19.3. The second-order valence-corrected chi connectivity index (χ2v) is 5.86. The predicted molar refractivity (Wildman–Crippen MR) is 84.7 cm³/mol. The molecule has 122 valence electrons. The number of benzene rings is 1. The zero-order valence-corrected chi connectivity index (χ0v) is 13.2. The summed E-state index contributed by atoms with van der Waals surface area (Å²) in [4.78, 5) is 6.01. The Morgan fingerprint density at radius 2 is 1.96 bits per heavy atom. The van der Waals surface area contributed by atoms with E-state index in [0.717, 1.165) is 11.3 Å². The van der Waals surface area contributed by atoms with Gasteiger partial charge in [0.2, 0.25) is 0 Å². The number of alkyl halides is 2. The summed E-state index contributed by atoms with van der Waals surface area (Å²) in [6.45, 7) is 2.31. The van der Waals surface area contributed by atoms with E-state index < -0.39 is 12.0 Å². The van der Waals surface area contributed by atoms with Gasteiger partial charge in [0.15, 0.2) is 0 Å². The zero-order valence-electron chi connectivity index (χ0n) is 13.2. The van der Waals surface area contributed by atoms with Crippen LogP contribution in [0.5, 0.6) is 5.75 Å². The van der Waals surface area contributed by atoms with E-state index in [1.807, 2.05) is 36.1 Å². The van der Waals surface area contributed by atoms with Gasteiger partial charge in [-0.25, -0.2) is 8.78 Å². The standard InChI is InChI=1S/C18H20F2N2O/c1-13(14-6-8-15(23-2)9-7-14)22-12-10-18(19,20)17(22)16-5-3-4-11-21-16/h3-9,11,13,17H,10,12H2,1-2H3/t13-,17?/m0/s1. The van der Waals surface area contributed by atoms with Crippen LogP contribution < -0.4 is 4.74 Å². The van der Waals surface area contributed by atoms with E-state index in [1.165, 1.54) is 0 Å². The van der Waals surface area contributed by atoms with E-state index in [4.69, 9.17) is 4.74 Å². The fourth-order valence-electron chi connectivity index (χ4n) is 3.20. The molecule has 3 rings (SSSR count). The Morgan fingerprint density at radius 3 is 2.57 bits per heavy atom. The number of ether oxygens (including phenoxy) is 1. The Labute approximate surface area is 134 Å². The summed E-state index contributed by atoms with van der Waals surface area (Å²) in [5.74, 6) is -2.01. The maximum Gasteiger partial charge on any atom is 0.270 e. The predicted octanol–water partition coefficient (Wildman–Crippen LogP) is 4.23. The fourth-order valence-corrected chi connectivity index (χ4v) is 3.20. The normalized spacial score (nSPS) is 22.0. The number of likely N-dealkylation sites (tertiary alicyclic amines) is 1. The molecule has 1 saturated heterocycles. The first kappa shape index (κ1) is 15.9. The molecule has 5 heteroatoms. The summed E-state index contributed by atoms with van der Waals surface area (Å²) in [6, 6.07) is 11.6. The lowest BCUT2D eigenvalue weighted by Crippen LogP contribution is -2.33. The van der Waals surface area contributed by atoms with Crippen molar-refractivity contribution < 1.29 is 13.5 Å². The van der Waals surface area contributed by atoms with E-state index in [0.29, 0.717) is 12.2 Å². The van der Waals surface area contributed by atoms with Crippen molar-refractivity contribution in [1.29, 1.82) is 0 Å². The van der Waals surface area contributed by atoms with Crippen molar-refractivity contribution in [3.05, 3.63) is 59.9 Å². The Kier molecular flexibility index (Phi) is 4.31. The van der Waals surface area contributed by atoms with Gasteiger partial charge in [0.1, 0.15) is 11.8 Å². The first-order chi connectivity index (χ1) is 11.0. The molecule has 1 aliphatic heterocycles. The van der Waals surface area contributed by atoms with E-state index >= 15 is 0 Å². The number of methoxy groups -OCH3 is 1. The molecule has 0 bridgehead atoms. The van der Waals surface area contributed by atoms with Gasteiger partial charge in [0, 0.05) is 25.2 Å². The summed E-state index contributed by atoms with van der Waals surface area (Å²) < 4.78 is 34.0. The number of halogens is 2. The lowest BCUT2D eigenvalue weighted by Gasteiger charge is -2.32. The SMILES string of the molecule is COc1ccc([C@H](C)N2CCC(F)(F)C2c2ccccn2)cc1. The number of rotatable bonds is 4. The van der Waals surface area contributed by atoms with Crippen LogP contribution in [0.25, 0.3) is 0 Å². The third kappa shape index (κ3) is 3.06. The molecular weight excluding hydrogens is 298 g/mol. The van der Waals surface area contributed by atoms with Gasteiger partial charge < -0.3 is 4.74 Å². The Bertz CT molecular complexity index is 646. The average molecular weight is 318 g/mol. The molecule has 1 aliphatic rings. The molecule has 0 saturated carbocycles. The second-order valence-electron chi connectivity index (χ2n) is 5.86. The molecule has 0 N–H and O–H groups in total. The highest BCUT2D eigenvalue weighted by Crippen LogP contribution is 2.47. The average Bonchev–Trinajstić information content (AvgIpc) is 2.90. The van der Waals surface area contributed by atoms with Crippen LogP contribution in [0.3, 0.4) is 0 Å². The van der Waals surface area contributed by atoms with Crippen molar-refractivity contribution in [2.24, 2.45) is 0 Å². The summed E-state index contributed by atoms with van der Waals surface area (Å²) in [6.07, 6.45) is 1.43. The first-order valence-electron chi connectivity index (χ1n) is 7.71. The monoisotopic (exact) mass is 318 g/mol. The van der Waals surface area contributed by atoms with Crippen LogP contribution in [0.2, 0.25) is 0 Å². The van der Waals surface area contributed by atoms with Crippen molar-refractivity contribution >= 4 is 0 Å². The molecule has 3 nitrogen and oxygen atoms in total. The van der Waals surface area contributed by atoms with Crippen molar-refractivity contribution in [3.8, 4) is 5.75 Å². The van der Waals surface area contributed by atoms with Crippen LogP contribution in [0.1, 0.15) is 36.7 Å². The molecule has 1 aromatic carbocycles. The fraction of sp³-hybridized carbons (Fsp3) is 0.389. The van der Waals surface area contributed by atoms with E-state index in [1.54, 1.807) is 31.5 Å². The van der Waals surface area contributed by atoms with Gasteiger partial charge in [-0.15, -0.1) is 0 Å². The van der Waals surface area contributed by atoms with Gasteiger partial charge >= 0.3 is 0 Å². The maximum atomic E-state index is 14.4. The highest BCUT2D eigenvalue weighted by Gasteiger charge is 2.51. The largest absolute Gasteiger partial charge is 0.497 e. The number of hydrogen-bond donors (Lipinski definition) is 0. The molecule has 0 radical (unpaired) electrons. The summed E-state index contributed by atoms with van der Waals surface area (Å²) in [5.41, 5.74) is 1.42. The lowest BCUT2D eigenvalue weighted by molar-refractivity contribution is -0.0425. The van der Waals surface area contributed by atoms with Crippen LogP contribution in [0.15, 0.2) is 48.7 Å². The smallest absolute Gasteiger partial charge is 0.270 e. The minimum Gasteiger partial charge on any atom is -0.497 e. The van der Waals surface area contributed by atoms with Gasteiger partial charge in [-0.3, -0.25) is 9.88 Å². The molecule has 2 atom stereocenters. The molecule has 1 aromatic heterocycles. The zero-order chi connectivity index (χ0) is 16.4. The molecule has 23 heavy (non-hydrogen) atoms. The van der Waals surface area contributed by atoms with Gasteiger partial charge in [0.05, 0.1) is 12.8 Å². The number of aromatic nitrogens is 1. The van der Waals surface area contributed by atoms with Crippen molar-refractivity contribution in [1.82, 2.24) is 9.88 Å². The first-order valence-corrected chi connectivity index (χ1v) is 7.71. The van der Waals surface area contributed by atoms with Gasteiger partial charge in [-0.2, -0.15) is 0 Å². The van der Waals surface area contributed by atoms with Crippen LogP contribution in [-0.4, -0.2) is 29.5 Å². The quantitative estimate of drug-likeness (QED) is 0.843. The van der Waals surface area contributed by atoms with E-state index in [2.05, 4.69) is 4.98 Å². The maximum absolute atomic E-state index is 14.4. The lowest BCUT2D eigenvalue weighted by atomic mass is 10.0. The van der Waals surface area contributed by atoms with Crippen molar-refractivity contribution in [2.45, 2.75) is 31.4 Å². The van der Waals surface area contributed by atoms with Crippen LogP contribution in [0, 0.1) is 0 Å². The van der Waals surface area contributed by atoms with Gasteiger partial charge in [-0.05, 0) is 36.8 Å². The minimum atomic E-state index is -2.77. The third-order valence-corrected chi connectivity index (χ3v) is 4.50. The van der Waals surface area contributed by atoms with Crippen LogP contribution in [-0.2, 0) is 0 Å². The van der Waals surface area contributed by atoms with Crippen molar-refractivity contribution in [2.75, 3.05) is 13.7 Å². The summed E-state index contributed by atoms with van der Waals surface area (Å²) in [7, 11) is 1.61. The van der Waals surface area contributed by atoms with E-state index in [9.17, 15) is 8.78 Å². The molecule has 0 spiro atoms. The molecule has 0 amide bonds. The Morgan fingerprint density at radius 1 is 1.22 bits per heavy atom. The third-order valence-electron chi connectivity index (χ3n) is 4.50. The summed E-state index contributed by atoms with van der Waals surface area (Å²) in [5, 5.41) is 0. The highest BCUT2D eigenvalue weighted by molar-refractivity contribution is 5.29. The van der Waals surface area contributed by atoms with Gasteiger partial charge in [-0.1, -0.05) is 18.2 Å². The summed E-state index contributed by atoms with van der Waals surface area (Å²) >= 11 is 0. The van der Waals surface area contributed by atoms with Crippen molar-refractivity contribution in [3.63, 3.8) is 0 Å². The van der Waals surface area contributed by atoms with Crippen LogP contribution in [0.4, 0.5) is 8.78 Å². The van der Waals surface area contributed by atoms with E-state index in [-0.39, 0.29) is 12.5 Å².